The third-order valence-electron chi connectivity index (χ3n) is 5.23. The lowest BCUT2D eigenvalue weighted by molar-refractivity contribution is -0.129. The Hall–Kier alpha value is -2.06. The summed E-state index contributed by atoms with van der Waals surface area (Å²) in [5.41, 5.74) is 1.83. The molecule has 4 rings (SSSR count). The van der Waals surface area contributed by atoms with Crippen LogP contribution in [0.3, 0.4) is 0 Å². The second-order valence-electron chi connectivity index (χ2n) is 7.24. The number of rotatable bonds is 4. The van der Waals surface area contributed by atoms with E-state index >= 15 is 0 Å². The Morgan fingerprint density at radius 2 is 1.86 bits per heavy atom. The minimum atomic E-state index is -0.991. The number of benzene rings is 2. The monoisotopic (exact) mass is 431 g/mol. The van der Waals surface area contributed by atoms with Gasteiger partial charge in [-0.25, -0.2) is 0 Å². The maximum Gasteiger partial charge on any atom is 0.224 e. The zero-order chi connectivity index (χ0) is 20.4. The predicted molar refractivity (Wildman–Crippen MR) is 116 cm³/mol. The van der Waals surface area contributed by atoms with Crippen molar-refractivity contribution in [3.8, 4) is 0 Å². The van der Waals surface area contributed by atoms with Crippen molar-refractivity contribution in [1.29, 1.82) is 0 Å². The second-order valence-corrected chi connectivity index (χ2v) is 8.85. The lowest BCUT2D eigenvalue weighted by atomic mass is 9.81. The summed E-state index contributed by atoms with van der Waals surface area (Å²) in [6.45, 7) is 0.424. The third-order valence-corrected chi connectivity index (χ3v) is 6.79. The number of nitrogens with one attached hydrogen (secondary N) is 2. The number of aliphatic hydroxyl groups is 2. The third kappa shape index (κ3) is 4.59. The van der Waals surface area contributed by atoms with E-state index in [0.717, 1.165) is 11.3 Å². The molecular formula is C21H22ClN3O3S. The largest absolute Gasteiger partial charge is 0.390 e. The molecule has 2 aliphatic rings. The van der Waals surface area contributed by atoms with E-state index in [4.69, 9.17) is 11.6 Å². The van der Waals surface area contributed by atoms with Gasteiger partial charge in [-0.15, -0.1) is 0 Å². The van der Waals surface area contributed by atoms with Gasteiger partial charge in [0.2, 0.25) is 5.91 Å². The molecule has 6 nitrogen and oxygen atoms in total. The summed E-state index contributed by atoms with van der Waals surface area (Å²) in [7, 11) is 0. The normalized spacial score (nSPS) is 28.4. The van der Waals surface area contributed by atoms with Gasteiger partial charge in [0.1, 0.15) is 6.10 Å². The molecule has 29 heavy (non-hydrogen) atoms. The molecule has 2 aromatic carbocycles. The number of carbonyl (C=O) groups is 1. The van der Waals surface area contributed by atoms with Crippen molar-refractivity contribution in [2.75, 3.05) is 5.32 Å². The fraction of sp³-hybridized carbons (Fsp3) is 0.333. The van der Waals surface area contributed by atoms with Crippen molar-refractivity contribution >= 4 is 40.1 Å². The van der Waals surface area contributed by atoms with E-state index in [-0.39, 0.29) is 17.6 Å². The lowest BCUT2D eigenvalue weighted by Gasteiger charge is -2.37. The van der Waals surface area contributed by atoms with Crippen LogP contribution in [-0.4, -0.2) is 44.8 Å². The number of carbonyl (C=O) groups excluding carboxylic acids is 1. The Labute approximate surface area is 178 Å². The highest BCUT2D eigenvalue weighted by molar-refractivity contribution is 8.15. The topological polar surface area (TPSA) is 94.0 Å². The van der Waals surface area contributed by atoms with Crippen molar-refractivity contribution < 1.29 is 15.0 Å². The molecule has 0 bridgehead atoms. The van der Waals surface area contributed by atoms with Gasteiger partial charge >= 0.3 is 0 Å². The predicted octanol–water partition coefficient (Wildman–Crippen LogP) is 2.65. The summed E-state index contributed by atoms with van der Waals surface area (Å²) >= 11 is 7.35. The highest BCUT2D eigenvalue weighted by atomic mass is 35.5. The number of amides is 1. The van der Waals surface area contributed by atoms with Crippen LogP contribution >= 0.6 is 23.4 Å². The molecule has 1 heterocycles. The Balaban J connectivity index is 1.45. The number of hydrogen-bond donors (Lipinski definition) is 4. The quantitative estimate of drug-likeness (QED) is 0.597. The standard InChI is InChI=1S/C21H22ClN3O3S/c22-13-6-8-14(9-7-13)24-21-25-17-18(27)16(26)10-15(19(17)29-21)20(28)23-11-12-4-2-1-3-5-12/h1-9,15-19,26-27H,10-11H2,(H,23,28)(H,24,25). The molecule has 0 radical (unpaired) electrons. The van der Waals surface area contributed by atoms with Gasteiger partial charge in [0.05, 0.1) is 18.1 Å². The number of amidine groups is 1. The fourth-order valence-corrected chi connectivity index (χ4v) is 5.18. The van der Waals surface area contributed by atoms with Crippen LogP contribution in [0.25, 0.3) is 0 Å². The first-order valence-electron chi connectivity index (χ1n) is 9.46. The fourth-order valence-electron chi connectivity index (χ4n) is 3.68. The maximum absolute atomic E-state index is 12.9. The molecule has 152 valence electrons. The highest BCUT2D eigenvalue weighted by Crippen LogP contribution is 2.41. The van der Waals surface area contributed by atoms with Gasteiger partial charge in [-0.2, -0.15) is 0 Å². The molecule has 5 atom stereocenters. The molecular weight excluding hydrogens is 410 g/mol. The van der Waals surface area contributed by atoms with Gasteiger partial charge in [-0.05, 0) is 36.2 Å². The molecule has 1 aliphatic heterocycles. The maximum atomic E-state index is 12.9. The minimum absolute atomic E-state index is 0.134. The summed E-state index contributed by atoms with van der Waals surface area (Å²) in [6.07, 6.45) is -1.77. The van der Waals surface area contributed by atoms with Crippen LogP contribution in [0.2, 0.25) is 5.02 Å². The summed E-state index contributed by atoms with van der Waals surface area (Å²) in [5, 5.41) is 27.9. The molecule has 2 aromatic rings. The van der Waals surface area contributed by atoms with E-state index in [1.54, 1.807) is 12.1 Å². The van der Waals surface area contributed by atoms with Crippen molar-refractivity contribution in [3.05, 3.63) is 65.2 Å². The van der Waals surface area contributed by atoms with E-state index in [9.17, 15) is 15.0 Å². The van der Waals surface area contributed by atoms with Crippen LogP contribution in [0.4, 0.5) is 5.69 Å². The van der Waals surface area contributed by atoms with Gasteiger partial charge in [-0.1, -0.05) is 53.7 Å². The number of nitrogens with zero attached hydrogens (tertiary/aromatic N) is 1. The van der Waals surface area contributed by atoms with Gasteiger partial charge < -0.3 is 20.8 Å². The van der Waals surface area contributed by atoms with Crippen LogP contribution in [0.15, 0.2) is 59.6 Å². The SMILES string of the molecule is O=C(NCc1ccccc1)C1CC(O)C(O)C2N=C(Nc3ccc(Cl)cc3)SC12. The molecule has 1 amide bonds. The summed E-state index contributed by atoms with van der Waals surface area (Å²) in [5.74, 6) is -0.578. The molecule has 5 unspecified atom stereocenters. The van der Waals surface area contributed by atoms with Crippen LogP contribution in [0.1, 0.15) is 12.0 Å². The van der Waals surface area contributed by atoms with E-state index in [1.165, 1.54) is 11.8 Å². The van der Waals surface area contributed by atoms with E-state index in [1.807, 2.05) is 42.5 Å². The summed E-state index contributed by atoms with van der Waals surface area (Å²) in [6, 6.07) is 16.4. The van der Waals surface area contributed by atoms with Crippen molar-refractivity contribution in [3.63, 3.8) is 0 Å². The number of hydrogen-bond acceptors (Lipinski definition) is 6. The number of halogens is 1. The average Bonchev–Trinajstić information content (AvgIpc) is 3.15. The first-order valence-corrected chi connectivity index (χ1v) is 10.7. The van der Waals surface area contributed by atoms with Crippen LogP contribution < -0.4 is 10.6 Å². The number of thioether (sulfide) groups is 1. The number of aliphatic hydroxyl groups excluding tert-OH is 2. The van der Waals surface area contributed by atoms with Crippen molar-refractivity contribution in [2.45, 2.75) is 36.5 Å². The second kappa shape index (κ2) is 8.75. The lowest BCUT2D eigenvalue weighted by Crippen LogP contribution is -2.53. The number of fused-ring (bicyclic) bond motifs is 1. The number of anilines is 1. The van der Waals surface area contributed by atoms with Crippen LogP contribution in [-0.2, 0) is 11.3 Å². The first kappa shape index (κ1) is 20.2. The van der Waals surface area contributed by atoms with Gasteiger partial charge in [0.25, 0.3) is 0 Å². The van der Waals surface area contributed by atoms with Crippen molar-refractivity contribution in [2.24, 2.45) is 10.9 Å². The molecule has 8 heteroatoms. The van der Waals surface area contributed by atoms with E-state index < -0.39 is 24.2 Å². The summed E-state index contributed by atoms with van der Waals surface area (Å²) < 4.78 is 0. The number of aliphatic imine (C=N–C) groups is 1. The van der Waals surface area contributed by atoms with Gasteiger partial charge in [0, 0.05) is 22.5 Å². The Bertz CT molecular complexity index is 894. The Morgan fingerprint density at radius 1 is 1.14 bits per heavy atom. The molecule has 1 saturated carbocycles. The van der Waals surface area contributed by atoms with Crippen molar-refractivity contribution in [1.82, 2.24) is 5.32 Å². The Morgan fingerprint density at radius 3 is 2.59 bits per heavy atom. The molecule has 1 aliphatic carbocycles. The van der Waals surface area contributed by atoms with E-state index in [2.05, 4.69) is 15.6 Å². The average molecular weight is 432 g/mol. The zero-order valence-corrected chi connectivity index (χ0v) is 17.1. The highest BCUT2D eigenvalue weighted by Gasteiger charge is 2.50. The van der Waals surface area contributed by atoms with Crippen LogP contribution in [0.5, 0.6) is 0 Å². The molecule has 4 N–H and O–H groups in total. The summed E-state index contributed by atoms with van der Waals surface area (Å²) in [4.78, 5) is 17.4. The van der Waals surface area contributed by atoms with E-state index in [0.29, 0.717) is 16.7 Å². The molecule has 0 aromatic heterocycles. The molecule has 0 saturated heterocycles. The van der Waals surface area contributed by atoms with Gasteiger partial charge in [-0.3, -0.25) is 9.79 Å². The van der Waals surface area contributed by atoms with Crippen LogP contribution in [0, 0.1) is 5.92 Å². The smallest absolute Gasteiger partial charge is 0.224 e. The Kier molecular flexibility index (Phi) is 6.10. The molecule has 0 spiro atoms. The van der Waals surface area contributed by atoms with Gasteiger partial charge in [0.15, 0.2) is 5.17 Å². The minimum Gasteiger partial charge on any atom is -0.390 e. The molecule has 1 fully saturated rings. The first-order chi connectivity index (χ1) is 14.0. The zero-order valence-electron chi connectivity index (χ0n) is 15.5.